The second-order valence-corrected chi connectivity index (χ2v) is 4.55. The summed E-state index contributed by atoms with van der Waals surface area (Å²) in [4.78, 5) is 0. The minimum atomic E-state index is -0.512. The standard InChI is InChI=1S/C13H16FN/c1-10(2)8-13(3,9-15)11-4-6-12(14)7-5-11/h4-7,10H,8H2,1-3H3. The summed E-state index contributed by atoms with van der Waals surface area (Å²) in [6.45, 7) is 6.07. The van der Waals surface area contributed by atoms with Gasteiger partial charge in [0.05, 0.1) is 11.5 Å². The summed E-state index contributed by atoms with van der Waals surface area (Å²) in [5.41, 5.74) is 0.377. The molecule has 0 heterocycles. The maximum atomic E-state index is 12.8. The van der Waals surface area contributed by atoms with Gasteiger partial charge in [-0.3, -0.25) is 0 Å². The van der Waals surface area contributed by atoms with Gasteiger partial charge in [0.1, 0.15) is 5.82 Å². The summed E-state index contributed by atoms with van der Waals surface area (Å²) >= 11 is 0. The maximum Gasteiger partial charge on any atom is 0.123 e. The molecule has 15 heavy (non-hydrogen) atoms. The van der Waals surface area contributed by atoms with Gasteiger partial charge < -0.3 is 0 Å². The Morgan fingerprint density at radius 2 is 1.87 bits per heavy atom. The number of halogens is 1. The molecular weight excluding hydrogens is 189 g/mol. The summed E-state index contributed by atoms with van der Waals surface area (Å²) in [5.74, 6) is 0.184. The van der Waals surface area contributed by atoms with E-state index in [1.807, 2.05) is 6.92 Å². The van der Waals surface area contributed by atoms with Gasteiger partial charge in [0.25, 0.3) is 0 Å². The molecule has 0 spiro atoms. The number of hydrogen-bond donors (Lipinski definition) is 0. The predicted molar refractivity (Wildman–Crippen MR) is 58.8 cm³/mol. The third-order valence-corrected chi connectivity index (χ3v) is 2.54. The fraction of sp³-hybridized carbons (Fsp3) is 0.462. The van der Waals surface area contributed by atoms with Crippen molar-refractivity contribution in [3.63, 3.8) is 0 Å². The summed E-state index contributed by atoms with van der Waals surface area (Å²) < 4.78 is 12.8. The van der Waals surface area contributed by atoms with E-state index in [4.69, 9.17) is 0 Å². The Labute approximate surface area is 90.5 Å². The van der Waals surface area contributed by atoms with Crippen LogP contribution in [-0.2, 0) is 5.41 Å². The van der Waals surface area contributed by atoms with Crippen molar-refractivity contribution >= 4 is 0 Å². The van der Waals surface area contributed by atoms with Crippen molar-refractivity contribution in [3.05, 3.63) is 35.6 Å². The Kier molecular flexibility index (Phi) is 3.47. The van der Waals surface area contributed by atoms with Crippen LogP contribution < -0.4 is 0 Å². The number of nitriles is 1. The maximum absolute atomic E-state index is 12.8. The molecule has 1 aromatic rings. The van der Waals surface area contributed by atoms with E-state index < -0.39 is 5.41 Å². The minimum Gasteiger partial charge on any atom is -0.207 e. The molecule has 0 radical (unpaired) electrons. The van der Waals surface area contributed by atoms with E-state index in [1.165, 1.54) is 12.1 Å². The largest absolute Gasteiger partial charge is 0.207 e. The van der Waals surface area contributed by atoms with Crippen molar-refractivity contribution in [2.24, 2.45) is 5.92 Å². The molecule has 0 amide bonds. The van der Waals surface area contributed by atoms with Crippen LogP contribution in [0.5, 0.6) is 0 Å². The normalized spacial score (nSPS) is 14.7. The molecule has 0 N–H and O–H groups in total. The molecule has 0 saturated heterocycles. The van der Waals surface area contributed by atoms with Crippen molar-refractivity contribution in [1.82, 2.24) is 0 Å². The molecule has 1 unspecified atom stereocenters. The number of benzene rings is 1. The van der Waals surface area contributed by atoms with Crippen LogP contribution >= 0.6 is 0 Å². The van der Waals surface area contributed by atoms with Gasteiger partial charge >= 0.3 is 0 Å². The highest BCUT2D eigenvalue weighted by atomic mass is 19.1. The average Bonchev–Trinajstić information content (AvgIpc) is 2.17. The van der Waals surface area contributed by atoms with Gasteiger partial charge in [0.15, 0.2) is 0 Å². The highest BCUT2D eigenvalue weighted by Gasteiger charge is 2.27. The lowest BCUT2D eigenvalue weighted by molar-refractivity contribution is 0.448. The molecule has 1 rings (SSSR count). The number of nitrogens with zero attached hydrogens (tertiary/aromatic N) is 1. The number of hydrogen-bond acceptors (Lipinski definition) is 1. The van der Waals surface area contributed by atoms with Crippen LogP contribution in [0.4, 0.5) is 4.39 Å². The molecule has 1 nitrogen and oxygen atoms in total. The molecule has 1 aromatic carbocycles. The Balaban J connectivity index is 3.02. The van der Waals surface area contributed by atoms with E-state index in [-0.39, 0.29) is 5.82 Å². The molecular formula is C13H16FN. The molecule has 0 aliphatic carbocycles. The minimum absolute atomic E-state index is 0.261. The van der Waals surface area contributed by atoms with Gasteiger partial charge in [-0.25, -0.2) is 4.39 Å². The Hall–Kier alpha value is -1.36. The smallest absolute Gasteiger partial charge is 0.123 e. The first-order chi connectivity index (χ1) is 6.98. The molecule has 0 fully saturated rings. The monoisotopic (exact) mass is 205 g/mol. The van der Waals surface area contributed by atoms with Crippen LogP contribution in [0.1, 0.15) is 32.8 Å². The van der Waals surface area contributed by atoms with Crippen LogP contribution in [0.25, 0.3) is 0 Å². The van der Waals surface area contributed by atoms with E-state index in [1.54, 1.807) is 12.1 Å². The highest BCUT2D eigenvalue weighted by Crippen LogP contribution is 2.30. The molecule has 0 aliphatic heterocycles. The van der Waals surface area contributed by atoms with Crippen molar-refractivity contribution < 1.29 is 4.39 Å². The Bertz CT molecular complexity index is 361. The van der Waals surface area contributed by atoms with Crippen molar-refractivity contribution in [2.45, 2.75) is 32.6 Å². The van der Waals surface area contributed by atoms with E-state index in [2.05, 4.69) is 19.9 Å². The topological polar surface area (TPSA) is 23.8 Å². The predicted octanol–water partition coefficient (Wildman–Crippen LogP) is 3.65. The highest BCUT2D eigenvalue weighted by molar-refractivity contribution is 5.31. The van der Waals surface area contributed by atoms with E-state index in [0.717, 1.165) is 12.0 Å². The van der Waals surface area contributed by atoms with Crippen molar-refractivity contribution in [3.8, 4) is 6.07 Å². The first kappa shape index (κ1) is 11.7. The summed E-state index contributed by atoms with van der Waals surface area (Å²) in [6.07, 6.45) is 0.787. The summed E-state index contributed by atoms with van der Waals surface area (Å²) in [6, 6.07) is 8.53. The third kappa shape index (κ3) is 2.79. The Morgan fingerprint density at radius 1 is 1.33 bits per heavy atom. The fourth-order valence-corrected chi connectivity index (χ4v) is 1.86. The average molecular weight is 205 g/mol. The molecule has 1 atom stereocenters. The quantitative estimate of drug-likeness (QED) is 0.738. The summed E-state index contributed by atoms with van der Waals surface area (Å²) in [5, 5.41) is 9.21. The van der Waals surface area contributed by atoms with E-state index in [0.29, 0.717) is 5.92 Å². The molecule has 2 heteroatoms. The van der Waals surface area contributed by atoms with Gasteiger partial charge in [0, 0.05) is 0 Å². The Morgan fingerprint density at radius 3 is 2.27 bits per heavy atom. The summed E-state index contributed by atoms with van der Waals surface area (Å²) in [7, 11) is 0. The second kappa shape index (κ2) is 4.44. The third-order valence-electron chi connectivity index (χ3n) is 2.54. The first-order valence-electron chi connectivity index (χ1n) is 5.15. The first-order valence-corrected chi connectivity index (χ1v) is 5.15. The zero-order valence-corrected chi connectivity index (χ0v) is 9.42. The van der Waals surface area contributed by atoms with Gasteiger partial charge in [-0.05, 0) is 37.0 Å². The lowest BCUT2D eigenvalue weighted by atomic mass is 9.77. The molecule has 80 valence electrons. The van der Waals surface area contributed by atoms with Crippen LogP contribution in [0.3, 0.4) is 0 Å². The molecule has 0 aliphatic rings. The van der Waals surface area contributed by atoms with Crippen LogP contribution in [-0.4, -0.2) is 0 Å². The van der Waals surface area contributed by atoms with Crippen molar-refractivity contribution in [1.29, 1.82) is 5.26 Å². The molecule has 0 bridgehead atoms. The van der Waals surface area contributed by atoms with Crippen molar-refractivity contribution in [2.75, 3.05) is 0 Å². The van der Waals surface area contributed by atoms with Gasteiger partial charge in [0.2, 0.25) is 0 Å². The van der Waals surface area contributed by atoms with Crippen LogP contribution in [0.15, 0.2) is 24.3 Å². The van der Waals surface area contributed by atoms with E-state index in [9.17, 15) is 9.65 Å². The van der Waals surface area contributed by atoms with E-state index >= 15 is 0 Å². The van der Waals surface area contributed by atoms with Gasteiger partial charge in [-0.15, -0.1) is 0 Å². The SMILES string of the molecule is CC(C)CC(C)(C#N)c1ccc(F)cc1. The zero-order valence-electron chi connectivity index (χ0n) is 9.42. The number of rotatable bonds is 3. The fourth-order valence-electron chi connectivity index (χ4n) is 1.86. The zero-order chi connectivity index (χ0) is 11.5. The van der Waals surface area contributed by atoms with Crippen LogP contribution in [0, 0.1) is 23.1 Å². The van der Waals surface area contributed by atoms with Gasteiger partial charge in [-0.2, -0.15) is 5.26 Å². The second-order valence-electron chi connectivity index (χ2n) is 4.55. The molecule has 0 saturated carbocycles. The lowest BCUT2D eigenvalue weighted by Gasteiger charge is -2.24. The molecule has 0 aromatic heterocycles. The lowest BCUT2D eigenvalue weighted by Crippen LogP contribution is -2.21. The van der Waals surface area contributed by atoms with Gasteiger partial charge in [-0.1, -0.05) is 26.0 Å². The van der Waals surface area contributed by atoms with Crippen LogP contribution in [0.2, 0.25) is 0 Å².